The SMILES string of the molecule is COc1ccc(C)cc1Nc1nc(C)nc2c1oc1ccccc12.Cl. The van der Waals surface area contributed by atoms with E-state index in [1.807, 2.05) is 56.3 Å². The monoisotopic (exact) mass is 355 g/mol. The molecule has 0 radical (unpaired) electrons. The average Bonchev–Trinajstić information content (AvgIpc) is 2.94. The molecule has 0 spiro atoms. The quantitative estimate of drug-likeness (QED) is 0.549. The first-order valence-corrected chi connectivity index (χ1v) is 7.73. The van der Waals surface area contributed by atoms with Crippen molar-refractivity contribution in [2.45, 2.75) is 13.8 Å². The second-order valence-electron chi connectivity index (χ2n) is 5.72. The fourth-order valence-electron chi connectivity index (χ4n) is 2.83. The number of rotatable bonds is 3. The van der Waals surface area contributed by atoms with Gasteiger partial charge >= 0.3 is 0 Å². The predicted octanol–water partition coefficient (Wildman–Crippen LogP) is 5.17. The fraction of sp³-hybridized carbons (Fsp3) is 0.158. The summed E-state index contributed by atoms with van der Waals surface area (Å²) in [6, 6.07) is 13.8. The Morgan fingerprint density at radius 1 is 1.04 bits per heavy atom. The number of anilines is 2. The van der Waals surface area contributed by atoms with Crippen molar-refractivity contribution >= 4 is 46.0 Å². The van der Waals surface area contributed by atoms with Crippen molar-refractivity contribution in [1.82, 2.24) is 9.97 Å². The molecule has 0 aliphatic carbocycles. The number of aryl methyl sites for hydroxylation is 2. The molecule has 0 atom stereocenters. The highest BCUT2D eigenvalue weighted by atomic mass is 35.5. The molecule has 4 rings (SSSR count). The number of benzene rings is 2. The zero-order valence-electron chi connectivity index (χ0n) is 14.2. The molecule has 0 bridgehead atoms. The van der Waals surface area contributed by atoms with Gasteiger partial charge in [0, 0.05) is 5.39 Å². The van der Waals surface area contributed by atoms with Gasteiger partial charge in [-0.3, -0.25) is 0 Å². The first kappa shape index (κ1) is 17.0. The standard InChI is InChI=1S/C19H17N3O2.ClH/c1-11-8-9-16(23-3)14(10-11)22-19-18-17(20-12(2)21-19)13-6-4-5-7-15(13)24-18;/h4-10H,1-3H3,(H,20,21,22);1H. The van der Waals surface area contributed by atoms with Crippen LogP contribution in [-0.4, -0.2) is 17.1 Å². The van der Waals surface area contributed by atoms with E-state index in [1.54, 1.807) is 7.11 Å². The van der Waals surface area contributed by atoms with E-state index in [9.17, 15) is 0 Å². The van der Waals surface area contributed by atoms with Crippen molar-refractivity contribution in [1.29, 1.82) is 0 Å². The van der Waals surface area contributed by atoms with E-state index in [-0.39, 0.29) is 12.4 Å². The van der Waals surface area contributed by atoms with Gasteiger partial charge in [-0.05, 0) is 43.7 Å². The number of hydrogen-bond acceptors (Lipinski definition) is 5. The van der Waals surface area contributed by atoms with Gasteiger partial charge in [-0.25, -0.2) is 9.97 Å². The lowest BCUT2D eigenvalue weighted by atomic mass is 10.2. The zero-order chi connectivity index (χ0) is 16.7. The molecule has 4 aromatic rings. The Balaban J connectivity index is 0.00000182. The average molecular weight is 356 g/mol. The summed E-state index contributed by atoms with van der Waals surface area (Å²) in [6.45, 7) is 3.91. The Morgan fingerprint density at radius 3 is 2.64 bits per heavy atom. The van der Waals surface area contributed by atoms with E-state index in [2.05, 4.69) is 15.3 Å². The second-order valence-corrected chi connectivity index (χ2v) is 5.72. The van der Waals surface area contributed by atoms with Crippen LogP contribution in [0.25, 0.3) is 22.1 Å². The molecule has 0 fully saturated rings. The van der Waals surface area contributed by atoms with Crippen LogP contribution < -0.4 is 10.1 Å². The van der Waals surface area contributed by atoms with Gasteiger partial charge in [0.05, 0.1) is 12.8 Å². The third-order valence-corrected chi connectivity index (χ3v) is 3.94. The maximum atomic E-state index is 5.99. The predicted molar refractivity (Wildman–Crippen MR) is 102 cm³/mol. The highest BCUT2D eigenvalue weighted by molar-refractivity contribution is 6.06. The number of aromatic nitrogens is 2. The Morgan fingerprint density at radius 2 is 1.84 bits per heavy atom. The summed E-state index contributed by atoms with van der Waals surface area (Å²) in [5.74, 6) is 2.07. The number of ether oxygens (including phenoxy) is 1. The minimum atomic E-state index is 0. The number of nitrogens with zero attached hydrogens (tertiary/aromatic N) is 2. The lowest BCUT2D eigenvalue weighted by molar-refractivity contribution is 0.416. The van der Waals surface area contributed by atoms with Gasteiger partial charge in [0.25, 0.3) is 0 Å². The number of hydrogen-bond donors (Lipinski definition) is 1. The number of fused-ring (bicyclic) bond motifs is 3. The van der Waals surface area contributed by atoms with Gasteiger partial charge < -0.3 is 14.5 Å². The molecule has 2 aromatic heterocycles. The summed E-state index contributed by atoms with van der Waals surface area (Å²) in [4.78, 5) is 9.08. The highest BCUT2D eigenvalue weighted by Crippen LogP contribution is 2.34. The molecule has 6 heteroatoms. The molecule has 0 amide bonds. The summed E-state index contributed by atoms with van der Waals surface area (Å²) >= 11 is 0. The van der Waals surface area contributed by atoms with Crippen LogP contribution in [0.2, 0.25) is 0 Å². The molecule has 0 aliphatic rings. The molecule has 128 valence electrons. The van der Waals surface area contributed by atoms with Crippen LogP contribution in [-0.2, 0) is 0 Å². The van der Waals surface area contributed by atoms with Crippen LogP contribution in [0.1, 0.15) is 11.4 Å². The van der Waals surface area contributed by atoms with Gasteiger partial charge in [-0.1, -0.05) is 18.2 Å². The third kappa shape index (κ3) is 2.98. The summed E-state index contributed by atoms with van der Waals surface area (Å²) in [5, 5.41) is 4.32. The molecule has 1 N–H and O–H groups in total. The van der Waals surface area contributed by atoms with Gasteiger partial charge in [0.2, 0.25) is 0 Å². The molecule has 2 aromatic carbocycles. The smallest absolute Gasteiger partial charge is 0.196 e. The maximum Gasteiger partial charge on any atom is 0.196 e. The zero-order valence-corrected chi connectivity index (χ0v) is 15.0. The van der Waals surface area contributed by atoms with E-state index in [1.165, 1.54) is 0 Å². The molecule has 5 nitrogen and oxygen atoms in total. The van der Waals surface area contributed by atoms with E-state index in [4.69, 9.17) is 9.15 Å². The molecular weight excluding hydrogens is 338 g/mol. The largest absolute Gasteiger partial charge is 0.495 e. The van der Waals surface area contributed by atoms with Crippen LogP contribution in [0.4, 0.5) is 11.5 Å². The van der Waals surface area contributed by atoms with Crippen molar-refractivity contribution in [3.8, 4) is 5.75 Å². The van der Waals surface area contributed by atoms with Crippen LogP contribution in [0, 0.1) is 13.8 Å². The Hall–Kier alpha value is -2.79. The lowest BCUT2D eigenvalue weighted by Gasteiger charge is -2.12. The van der Waals surface area contributed by atoms with Crippen LogP contribution >= 0.6 is 12.4 Å². The van der Waals surface area contributed by atoms with Gasteiger partial charge in [-0.15, -0.1) is 12.4 Å². The Bertz CT molecular complexity index is 1060. The Kier molecular flexibility index (Phi) is 4.51. The third-order valence-electron chi connectivity index (χ3n) is 3.94. The second kappa shape index (κ2) is 6.61. The van der Waals surface area contributed by atoms with Crippen molar-refractivity contribution in [3.05, 3.63) is 53.9 Å². The summed E-state index contributed by atoms with van der Waals surface area (Å²) < 4.78 is 11.4. The van der Waals surface area contributed by atoms with Gasteiger partial charge in [0.1, 0.15) is 22.7 Å². The van der Waals surface area contributed by atoms with Crippen molar-refractivity contribution < 1.29 is 9.15 Å². The Labute approximate surface area is 151 Å². The molecule has 25 heavy (non-hydrogen) atoms. The molecule has 0 saturated heterocycles. The highest BCUT2D eigenvalue weighted by Gasteiger charge is 2.15. The number of methoxy groups -OCH3 is 1. The topological polar surface area (TPSA) is 60.2 Å². The minimum Gasteiger partial charge on any atom is -0.495 e. The maximum absolute atomic E-state index is 5.99. The fourth-order valence-corrected chi connectivity index (χ4v) is 2.83. The van der Waals surface area contributed by atoms with Crippen LogP contribution in [0.15, 0.2) is 46.9 Å². The van der Waals surface area contributed by atoms with Crippen LogP contribution in [0.5, 0.6) is 5.75 Å². The molecular formula is C19H18ClN3O2. The summed E-state index contributed by atoms with van der Waals surface area (Å²) in [7, 11) is 1.65. The lowest BCUT2D eigenvalue weighted by Crippen LogP contribution is -2.00. The van der Waals surface area contributed by atoms with E-state index < -0.39 is 0 Å². The number of furan rings is 1. The van der Waals surface area contributed by atoms with Crippen molar-refractivity contribution in [2.75, 3.05) is 12.4 Å². The number of nitrogens with one attached hydrogen (secondary N) is 1. The summed E-state index contributed by atoms with van der Waals surface area (Å²) in [6.07, 6.45) is 0. The van der Waals surface area contributed by atoms with E-state index in [0.717, 1.165) is 33.5 Å². The van der Waals surface area contributed by atoms with Gasteiger partial charge in [0.15, 0.2) is 11.4 Å². The van der Waals surface area contributed by atoms with E-state index >= 15 is 0 Å². The first-order valence-electron chi connectivity index (χ1n) is 7.73. The van der Waals surface area contributed by atoms with Gasteiger partial charge in [-0.2, -0.15) is 0 Å². The summed E-state index contributed by atoms with van der Waals surface area (Å²) in [5.41, 5.74) is 4.23. The molecule has 0 unspecified atom stereocenters. The van der Waals surface area contributed by atoms with Crippen molar-refractivity contribution in [3.63, 3.8) is 0 Å². The minimum absolute atomic E-state index is 0. The van der Waals surface area contributed by atoms with Crippen molar-refractivity contribution in [2.24, 2.45) is 0 Å². The molecule has 0 aliphatic heterocycles. The number of halogens is 1. The molecule has 2 heterocycles. The normalized spacial score (nSPS) is 10.7. The van der Waals surface area contributed by atoms with Crippen LogP contribution in [0.3, 0.4) is 0 Å². The molecule has 0 saturated carbocycles. The van der Waals surface area contributed by atoms with E-state index in [0.29, 0.717) is 17.2 Å². The number of para-hydroxylation sites is 1. The first-order chi connectivity index (χ1) is 11.7.